The van der Waals surface area contributed by atoms with Crippen molar-refractivity contribution in [3.8, 4) is 0 Å². The van der Waals surface area contributed by atoms with Gasteiger partial charge in [-0.15, -0.1) is 0 Å². The maximum absolute atomic E-state index is 12.3. The van der Waals surface area contributed by atoms with E-state index in [2.05, 4.69) is 17.6 Å². The Labute approximate surface area is 166 Å². The molecular weight excluding hydrogens is 390 g/mol. The molecule has 0 heterocycles. The second-order valence-corrected chi connectivity index (χ2v) is 9.51. The van der Waals surface area contributed by atoms with Gasteiger partial charge in [-0.3, -0.25) is 0 Å². The van der Waals surface area contributed by atoms with E-state index >= 15 is 0 Å². The highest BCUT2D eigenvalue weighted by Gasteiger charge is 2.22. The molecule has 0 aliphatic heterocycles. The van der Waals surface area contributed by atoms with Crippen LogP contribution in [0.5, 0.6) is 0 Å². The Balaban J connectivity index is 1.85. The molecule has 2 amide bonds. The van der Waals surface area contributed by atoms with Crippen LogP contribution in [-0.2, 0) is 14.8 Å². The number of rotatable bonds is 7. The first-order valence-corrected chi connectivity index (χ1v) is 10.9. The monoisotopic (exact) mass is 417 g/mol. The van der Waals surface area contributed by atoms with Crippen LogP contribution in [-0.4, -0.2) is 52.1 Å². The molecule has 27 heavy (non-hydrogen) atoms. The molecule has 1 aromatic rings. The van der Waals surface area contributed by atoms with Crippen LogP contribution in [0.2, 0.25) is 5.02 Å². The quantitative estimate of drug-likeness (QED) is 0.666. The lowest BCUT2D eigenvalue weighted by Crippen LogP contribution is -2.34. The molecule has 1 fully saturated rings. The number of nitrogens with zero attached hydrogens (tertiary/aromatic N) is 1. The van der Waals surface area contributed by atoms with Crippen molar-refractivity contribution in [3.05, 3.63) is 23.2 Å². The third kappa shape index (κ3) is 6.07. The van der Waals surface area contributed by atoms with Gasteiger partial charge in [0.2, 0.25) is 10.0 Å². The van der Waals surface area contributed by atoms with E-state index in [1.54, 1.807) is 6.07 Å². The van der Waals surface area contributed by atoms with E-state index in [-0.39, 0.29) is 16.0 Å². The zero-order chi connectivity index (χ0) is 20.0. The first-order valence-electron chi connectivity index (χ1n) is 9.10. The summed E-state index contributed by atoms with van der Waals surface area (Å²) in [5.74, 6) is 0.554. The van der Waals surface area contributed by atoms with Gasteiger partial charge in [0.05, 0.1) is 17.7 Å². The summed E-state index contributed by atoms with van der Waals surface area (Å²) in [5, 5.41) is 5.44. The van der Waals surface area contributed by atoms with Crippen LogP contribution in [0.3, 0.4) is 0 Å². The molecule has 0 radical (unpaired) electrons. The second kappa shape index (κ2) is 9.73. The van der Waals surface area contributed by atoms with E-state index in [0.29, 0.717) is 24.8 Å². The van der Waals surface area contributed by atoms with Gasteiger partial charge in [-0.2, -0.15) is 0 Å². The normalized spacial score (nSPS) is 20.5. The van der Waals surface area contributed by atoms with Gasteiger partial charge in [0.1, 0.15) is 4.90 Å². The van der Waals surface area contributed by atoms with E-state index in [1.165, 1.54) is 45.5 Å². The van der Waals surface area contributed by atoms with Crippen LogP contribution in [0, 0.1) is 5.92 Å². The van der Waals surface area contributed by atoms with Crippen molar-refractivity contribution in [2.75, 3.05) is 32.6 Å². The Morgan fingerprint density at radius 1 is 1.30 bits per heavy atom. The van der Waals surface area contributed by atoms with Crippen LogP contribution in [0.15, 0.2) is 23.1 Å². The largest absolute Gasteiger partial charge is 0.376 e. The lowest BCUT2D eigenvalue weighted by Gasteiger charge is -2.28. The maximum atomic E-state index is 12.3. The number of anilines is 1. The molecule has 0 unspecified atom stereocenters. The number of nitrogens with one attached hydrogen (secondary N) is 2. The van der Waals surface area contributed by atoms with E-state index in [1.807, 2.05) is 0 Å². The number of hydrogen-bond acceptors (Lipinski definition) is 4. The molecule has 7 nitrogen and oxygen atoms in total. The van der Waals surface area contributed by atoms with Gasteiger partial charge in [0, 0.05) is 26.3 Å². The smallest absolute Gasteiger partial charge is 0.319 e. The molecular formula is C18H28ClN3O4S. The van der Waals surface area contributed by atoms with Gasteiger partial charge in [-0.25, -0.2) is 17.5 Å². The summed E-state index contributed by atoms with van der Waals surface area (Å²) in [6.07, 6.45) is 4.97. The molecule has 1 aliphatic carbocycles. The van der Waals surface area contributed by atoms with E-state index in [9.17, 15) is 13.2 Å². The van der Waals surface area contributed by atoms with E-state index < -0.39 is 16.1 Å². The minimum Gasteiger partial charge on any atom is -0.376 e. The standard InChI is InChI=1S/C18H28ClN3O4S/c1-13-6-4-5-7-16(13)26-11-10-20-18(23)21-14-8-9-15(19)17(12-14)27(24,25)22(2)3/h8-9,12-13,16H,4-7,10-11H2,1-3H3,(H2,20,21,23)/t13-,16+/m1/s1. The molecule has 0 saturated heterocycles. The Morgan fingerprint density at radius 2 is 2.00 bits per heavy atom. The van der Waals surface area contributed by atoms with Crippen LogP contribution in [0.4, 0.5) is 10.5 Å². The topological polar surface area (TPSA) is 87.7 Å². The van der Waals surface area contributed by atoms with Crippen LogP contribution < -0.4 is 10.6 Å². The molecule has 9 heteroatoms. The van der Waals surface area contributed by atoms with Gasteiger partial charge in [-0.1, -0.05) is 31.4 Å². The number of amides is 2. The minimum atomic E-state index is -3.69. The van der Waals surface area contributed by atoms with Crippen LogP contribution in [0.1, 0.15) is 32.6 Å². The fourth-order valence-electron chi connectivity index (χ4n) is 3.06. The lowest BCUT2D eigenvalue weighted by atomic mass is 9.88. The van der Waals surface area contributed by atoms with Crippen molar-refractivity contribution >= 4 is 33.3 Å². The number of urea groups is 1. The Hall–Kier alpha value is -1.35. The summed E-state index contributed by atoms with van der Waals surface area (Å²) in [6.45, 7) is 3.03. The number of carbonyl (C=O) groups excluding carboxylic acids is 1. The molecule has 0 bridgehead atoms. The zero-order valence-electron chi connectivity index (χ0n) is 16.0. The van der Waals surface area contributed by atoms with Crippen molar-refractivity contribution in [2.45, 2.75) is 43.6 Å². The van der Waals surface area contributed by atoms with Crippen LogP contribution >= 0.6 is 11.6 Å². The van der Waals surface area contributed by atoms with Crippen molar-refractivity contribution < 1.29 is 17.9 Å². The highest BCUT2D eigenvalue weighted by Crippen LogP contribution is 2.27. The van der Waals surface area contributed by atoms with Gasteiger partial charge >= 0.3 is 6.03 Å². The van der Waals surface area contributed by atoms with Gasteiger partial charge in [0.15, 0.2) is 0 Å². The van der Waals surface area contributed by atoms with Crippen molar-refractivity contribution in [3.63, 3.8) is 0 Å². The Bertz CT molecular complexity index is 755. The molecule has 2 atom stereocenters. The molecule has 152 valence electrons. The van der Waals surface area contributed by atoms with Crippen LogP contribution in [0.25, 0.3) is 0 Å². The second-order valence-electron chi connectivity index (χ2n) is 6.98. The zero-order valence-corrected chi connectivity index (χ0v) is 17.6. The predicted molar refractivity (Wildman–Crippen MR) is 107 cm³/mol. The number of hydrogen-bond donors (Lipinski definition) is 2. The third-order valence-electron chi connectivity index (χ3n) is 4.70. The molecule has 2 N–H and O–H groups in total. The number of halogens is 1. The summed E-state index contributed by atoms with van der Waals surface area (Å²) >= 11 is 6.00. The Morgan fingerprint density at radius 3 is 2.67 bits per heavy atom. The molecule has 1 aliphatic rings. The molecule has 1 saturated carbocycles. The summed E-state index contributed by atoms with van der Waals surface area (Å²) in [7, 11) is -0.850. The van der Waals surface area contributed by atoms with Crippen molar-refractivity contribution in [1.82, 2.24) is 9.62 Å². The maximum Gasteiger partial charge on any atom is 0.319 e. The number of benzene rings is 1. The van der Waals surface area contributed by atoms with E-state index in [4.69, 9.17) is 16.3 Å². The highest BCUT2D eigenvalue weighted by molar-refractivity contribution is 7.89. The SMILES string of the molecule is C[C@@H]1CCCC[C@@H]1OCCNC(=O)Nc1ccc(Cl)c(S(=O)(=O)N(C)C)c1. The average Bonchev–Trinajstić information content (AvgIpc) is 2.61. The number of carbonyl (C=O) groups is 1. The van der Waals surface area contributed by atoms with Crippen molar-refractivity contribution in [1.29, 1.82) is 0 Å². The minimum absolute atomic E-state index is 0.0541. The first-order chi connectivity index (χ1) is 12.7. The van der Waals surface area contributed by atoms with Gasteiger partial charge in [-0.05, 0) is 37.0 Å². The molecule has 0 aromatic heterocycles. The summed E-state index contributed by atoms with van der Waals surface area (Å²) in [6, 6.07) is 3.92. The fraction of sp³-hybridized carbons (Fsp3) is 0.611. The molecule has 2 rings (SSSR count). The number of ether oxygens (including phenoxy) is 1. The third-order valence-corrected chi connectivity index (χ3v) is 7.00. The lowest BCUT2D eigenvalue weighted by molar-refractivity contribution is -0.00232. The number of sulfonamides is 1. The van der Waals surface area contributed by atoms with Gasteiger partial charge < -0.3 is 15.4 Å². The first kappa shape index (κ1) is 21.9. The summed E-state index contributed by atoms with van der Waals surface area (Å²) in [5.41, 5.74) is 0.346. The Kier molecular flexibility index (Phi) is 7.91. The molecule has 1 aromatic carbocycles. The predicted octanol–water partition coefficient (Wildman–Crippen LogP) is 3.31. The van der Waals surface area contributed by atoms with E-state index in [0.717, 1.165) is 10.7 Å². The average molecular weight is 418 g/mol. The highest BCUT2D eigenvalue weighted by atomic mass is 35.5. The summed E-state index contributed by atoms with van der Waals surface area (Å²) in [4.78, 5) is 12.0. The van der Waals surface area contributed by atoms with Gasteiger partial charge in [0.25, 0.3) is 0 Å². The molecule has 0 spiro atoms. The van der Waals surface area contributed by atoms with Crippen molar-refractivity contribution in [2.24, 2.45) is 5.92 Å². The fourth-order valence-corrected chi connectivity index (χ4v) is 4.45. The summed E-state index contributed by atoms with van der Waals surface area (Å²) < 4.78 is 31.5.